The molecule has 1 aliphatic heterocycles. The third-order valence-electron chi connectivity index (χ3n) is 4.42. The summed E-state index contributed by atoms with van der Waals surface area (Å²) in [5.74, 6) is 0. The minimum Gasteiger partial charge on any atom is -0.394 e. The van der Waals surface area contributed by atoms with Crippen molar-refractivity contribution in [3.63, 3.8) is 0 Å². The minimum atomic E-state index is -0.371. The van der Waals surface area contributed by atoms with Crippen molar-refractivity contribution in [1.82, 2.24) is 0 Å². The highest BCUT2D eigenvalue weighted by Gasteiger charge is 2.45. The van der Waals surface area contributed by atoms with Gasteiger partial charge in [-0.2, -0.15) is 0 Å². The van der Waals surface area contributed by atoms with E-state index in [9.17, 15) is 0 Å². The Morgan fingerprint density at radius 1 is 0.652 bits per heavy atom. The Hall–Kier alpha value is -2.87. The largest absolute Gasteiger partial charge is 0.394 e. The molecule has 4 rings (SSSR count). The second-order valence-electron chi connectivity index (χ2n) is 5.72. The van der Waals surface area contributed by atoms with Crippen molar-refractivity contribution >= 4 is 5.71 Å². The molecule has 3 aromatic carbocycles. The van der Waals surface area contributed by atoms with Crippen LogP contribution in [0, 0.1) is 0 Å². The standard InChI is InChI=1S/C21H17NO/c1-4-10-17(11-5-1)20-21(16-23-22-20,18-12-6-2-7-13-18)19-14-8-3-9-15-19/h1-15H,16H2. The first-order valence-electron chi connectivity index (χ1n) is 7.78. The van der Waals surface area contributed by atoms with Gasteiger partial charge in [0.1, 0.15) is 17.7 Å². The maximum atomic E-state index is 5.62. The molecule has 0 amide bonds. The predicted molar refractivity (Wildman–Crippen MR) is 92.6 cm³/mol. The molecule has 0 N–H and O–H groups in total. The van der Waals surface area contributed by atoms with Gasteiger partial charge >= 0.3 is 0 Å². The highest BCUT2D eigenvalue weighted by molar-refractivity contribution is 6.11. The Balaban J connectivity index is 1.96. The van der Waals surface area contributed by atoms with E-state index in [-0.39, 0.29) is 5.41 Å². The smallest absolute Gasteiger partial charge is 0.136 e. The van der Waals surface area contributed by atoms with Crippen molar-refractivity contribution in [2.45, 2.75) is 5.41 Å². The second kappa shape index (κ2) is 5.73. The monoisotopic (exact) mass is 299 g/mol. The second-order valence-corrected chi connectivity index (χ2v) is 5.72. The van der Waals surface area contributed by atoms with Gasteiger partial charge in [-0.1, -0.05) is 96.2 Å². The van der Waals surface area contributed by atoms with Crippen molar-refractivity contribution in [1.29, 1.82) is 0 Å². The minimum absolute atomic E-state index is 0.371. The third kappa shape index (κ3) is 2.23. The summed E-state index contributed by atoms with van der Waals surface area (Å²) in [5.41, 5.74) is 4.09. The van der Waals surface area contributed by atoms with Gasteiger partial charge in [-0.15, -0.1) is 0 Å². The predicted octanol–water partition coefficient (Wildman–Crippen LogP) is 4.41. The van der Waals surface area contributed by atoms with Crippen LogP contribution in [-0.2, 0) is 10.3 Å². The number of hydrogen-bond donors (Lipinski definition) is 0. The molecule has 0 spiro atoms. The summed E-state index contributed by atoms with van der Waals surface area (Å²) in [5, 5.41) is 4.43. The van der Waals surface area contributed by atoms with Crippen LogP contribution < -0.4 is 0 Å². The van der Waals surface area contributed by atoms with Gasteiger partial charge in [0, 0.05) is 5.56 Å². The fraction of sp³-hybridized carbons (Fsp3) is 0.0952. The van der Waals surface area contributed by atoms with Crippen molar-refractivity contribution in [2.75, 3.05) is 6.61 Å². The molecule has 0 saturated heterocycles. The molecule has 112 valence electrons. The number of oxime groups is 1. The molecule has 0 aliphatic carbocycles. The Labute approximate surface area is 136 Å². The van der Waals surface area contributed by atoms with Gasteiger partial charge in [-0.05, 0) is 11.1 Å². The van der Waals surface area contributed by atoms with Crippen LogP contribution >= 0.6 is 0 Å². The van der Waals surface area contributed by atoms with E-state index in [0.717, 1.165) is 11.3 Å². The zero-order chi connectivity index (χ0) is 15.5. The van der Waals surface area contributed by atoms with Crippen molar-refractivity contribution in [3.05, 3.63) is 108 Å². The Morgan fingerprint density at radius 2 is 1.13 bits per heavy atom. The van der Waals surface area contributed by atoms with E-state index in [0.29, 0.717) is 6.61 Å². The average molecular weight is 299 g/mol. The Kier molecular flexibility index (Phi) is 3.43. The molecule has 0 unspecified atom stereocenters. The first kappa shape index (κ1) is 13.8. The number of nitrogens with zero attached hydrogens (tertiary/aromatic N) is 1. The maximum absolute atomic E-state index is 5.62. The Bertz CT molecular complexity index is 771. The van der Waals surface area contributed by atoms with Crippen LogP contribution in [0.1, 0.15) is 16.7 Å². The van der Waals surface area contributed by atoms with Gasteiger partial charge in [-0.25, -0.2) is 0 Å². The fourth-order valence-corrected chi connectivity index (χ4v) is 3.29. The zero-order valence-corrected chi connectivity index (χ0v) is 12.7. The molecule has 0 aromatic heterocycles. The molecule has 3 aromatic rings. The summed E-state index contributed by atoms with van der Waals surface area (Å²) in [7, 11) is 0. The van der Waals surface area contributed by atoms with Crippen LogP contribution in [0.5, 0.6) is 0 Å². The average Bonchev–Trinajstić information content (AvgIpc) is 3.10. The molecular formula is C21H17NO. The number of hydrogen-bond acceptors (Lipinski definition) is 2. The summed E-state index contributed by atoms with van der Waals surface area (Å²) >= 11 is 0. The lowest BCUT2D eigenvalue weighted by Gasteiger charge is -2.30. The molecular weight excluding hydrogens is 282 g/mol. The van der Waals surface area contributed by atoms with Crippen molar-refractivity contribution in [2.24, 2.45) is 5.16 Å². The van der Waals surface area contributed by atoms with E-state index in [2.05, 4.69) is 65.8 Å². The van der Waals surface area contributed by atoms with E-state index in [1.54, 1.807) is 0 Å². The number of benzene rings is 3. The fourth-order valence-electron chi connectivity index (χ4n) is 3.29. The number of rotatable bonds is 3. The lowest BCUT2D eigenvalue weighted by atomic mass is 9.70. The molecule has 1 aliphatic rings. The normalized spacial score (nSPS) is 15.7. The third-order valence-corrected chi connectivity index (χ3v) is 4.42. The summed E-state index contributed by atoms with van der Waals surface area (Å²) in [6, 6.07) is 31.3. The highest BCUT2D eigenvalue weighted by atomic mass is 16.6. The topological polar surface area (TPSA) is 21.6 Å². The molecule has 2 nitrogen and oxygen atoms in total. The summed E-state index contributed by atoms with van der Waals surface area (Å²) in [6.07, 6.45) is 0. The molecule has 0 atom stereocenters. The molecule has 0 bridgehead atoms. The van der Waals surface area contributed by atoms with Gasteiger partial charge in [0.05, 0.1) is 0 Å². The zero-order valence-electron chi connectivity index (χ0n) is 12.7. The van der Waals surface area contributed by atoms with Crippen LogP contribution in [0.3, 0.4) is 0 Å². The SMILES string of the molecule is c1ccc(C2=NOCC2(c2ccccc2)c2ccccc2)cc1. The van der Waals surface area contributed by atoms with Crippen LogP contribution in [0.15, 0.2) is 96.2 Å². The molecule has 0 radical (unpaired) electrons. The van der Waals surface area contributed by atoms with Crippen molar-refractivity contribution < 1.29 is 4.84 Å². The van der Waals surface area contributed by atoms with Gasteiger partial charge in [-0.3, -0.25) is 0 Å². The lowest BCUT2D eigenvalue weighted by Crippen LogP contribution is -2.38. The van der Waals surface area contributed by atoms with Gasteiger partial charge in [0.15, 0.2) is 0 Å². The van der Waals surface area contributed by atoms with Crippen LogP contribution in [0.4, 0.5) is 0 Å². The van der Waals surface area contributed by atoms with E-state index in [4.69, 9.17) is 4.84 Å². The van der Waals surface area contributed by atoms with E-state index in [1.807, 2.05) is 30.3 Å². The van der Waals surface area contributed by atoms with Crippen molar-refractivity contribution in [3.8, 4) is 0 Å². The highest BCUT2D eigenvalue weighted by Crippen LogP contribution is 2.39. The molecule has 2 heteroatoms. The lowest BCUT2D eigenvalue weighted by molar-refractivity contribution is 0.152. The summed E-state index contributed by atoms with van der Waals surface area (Å²) in [4.78, 5) is 5.62. The first-order valence-corrected chi connectivity index (χ1v) is 7.78. The van der Waals surface area contributed by atoms with E-state index in [1.165, 1.54) is 11.1 Å². The first-order chi connectivity index (χ1) is 11.4. The van der Waals surface area contributed by atoms with Crippen LogP contribution in [0.2, 0.25) is 0 Å². The van der Waals surface area contributed by atoms with Gasteiger partial charge in [0.25, 0.3) is 0 Å². The summed E-state index contributed by atoms with van der Waals surface area (Å²) in [6.45, 7) is 0.519. The van der Waals surface area contributed by atoms with Crippen LogP contribution in [0.25, 0.3) is 0 Å². The van der Waals surface area contributed by atoms with Crippen LogP contribution in [-0.4, -0.2) is 12.3 Å². The molecule has 0 saturated carbocycles. The quantitative estimate of drug-likeness (QED) is 0.702. The van der Waals surface area contributed by atoms with E-state index < -0.39 is 0 Å². The van der Waals surface area contributed by atoms with E-state index >= 15 is 0 Å². The van der Waals surface area contributed by atoms with Gasteiger partial charge < -0.3 is 4.84 Å². The maximum Gasteiger partial charge on any atom is 0.136 e. The molecule has 1 heterocycles. The molecule has 0 fully saturated rings. The van der Waals surface area contributed by atoms with Gasteiger partial charge in [0.2, 0.25) is 0 Å². The molecule has 23 heavy (non-hydrogen) atoms. The summed E-state index contributed by atoms with van der Waals surface area (Å²) < 4.78 is 0. The Morgan fingerprint density at radius 3 is 1.65 bits per heavy atom.